The summed E-state index contributed by atoms with van der Waals surface area (Å²) in [4.78, 5) is 10.7. The molecule has 1 aliphatic heterocycles. The molecule has 25 heavy (non-hydrogen) atoms. The molecule has 0 bridgehead atoms. The number of nitrogens with zero attached hydrogens (tertiary/aromatic N) is 4. The molecule has 0 saturated heterocycles. The lowest BCUT2D eigenvalue weighted by molar-refractivity contribution is 0.315. The van der Waals surface area contributed by atoms with Gasteiger partial charge in [0.2, 0.25) is 0 Å². The third-order valence-electron chi connectivity index (χ3n) is 5.12. The number of fused-ring (bicyclic) bond motifs is 3. The summed E-state index contributed by atoms with van der Waals surface area (Å²) in [6, 6.07) is 1.98. The number of aromatic nitrogens is 4. The molecular weight excluding hydrogens is 334 g/mol. The fourth-order valence-electron chi connectivity index (χ4n) is 3.60. The van der Waals surface area contributed by atoms with Crippen LogP contribution in [0.15, 0.2) is 24.5 Å². The zero-order valence-corrected chi connectivity index (χ0v) is 15.6. The smallest absolute Gasteiger partial charge is 0.134 e. The molecular formula is C19H22ClN5. The SMILES string of the molecule is C=C(CC)N1CCc2[nH]c3c(C)c(Cl)nc(-c4ccn(C)n4)c3c2C1. The molecule has 1 N–H and O–H groups in total. The second-order valence-electron chi connectivity index (χ2n) is 6.67. The number of hydrogen-bond acceptors (Lipinski definition) is 3. The quantitative estimate of drug-likeness (QED) is 0.716. The predicted molar refractivity (Wildman–Crippen MR) is 102 cm³/mol. The van der Waals surface area contributed by atoms with Crippen LogP contribution in [0.5, 0.6) is 0 Å². The van der Waals surface area contributed by atoms with Gasteiger partial charge >= 0.3 is 0 Å². The fraction of sp³-hybridized carbons (Fsp3) is 0.368. The highest BCUT2D eigenvalue weighted by atomic mass is 35.5. The van der Waals surface area contributed by atoms with Crippen molar-refractivity contribution in [2.75, 3.05) is 6.54 Å². The van der Waals surface area contributed by atoms with E-state index in [0.717, 1.165) is 53.8 Å². The summed E-state index contributed by atoms with van der Waals surface area (Å²) in [6.07, 6.45) is 3.87. The number of pyridine rings is 1. The first kappa shape index (κ1) is 16.2. The Hall–Kier alpha value is -2.27. The molecule has 0 saturated carbocycles. The van der Waals surface area contributed by atoms with Gasteiger partial charge in [-0.3, -0.25) is 4.68 Å². The van der Waals surface area contributed by atoms with E-state index >= 15 is 0 Å². The standard InChI is InChI=1S/C19H22ClN5/c1-5-11(2)25-9-7-14-13(10-25)16-17(21-14)12(3)19(20)22-18(16)15-6-8-24(4)23-15/h6,8,21H,2,5,7,9-10H2,1,3-4H3. The van der Waals surface area contributed by atoms with Gasteiger partial charge in [-0.25, -0.2) is 4.98 Å². The van der Waals surface area contributed by atoms with Crippen LogP contribution >= 0.6 is 11.6 Å². The Morgan fingerprint density at radius 2 is 2.24 bits per heavy atom. The number of hydrogen-bond donors (Lipinski definition) is 1. The van der Waals surface area contributed by atoms with Crippen molar-refractivity contribution in [3.8, 4) is 11.4 Å². The van der Waals surface area contributed by atoms with E-state index in [1.165, 1.54) is 17.0 Å². The maximum absolute atomic E-state index is 6.42. The lowest BCUT2D eigenvalue weighted by Crippen LogP contribution is -2.29. The Labute approximate surface area is 152 Å². The molecule has 0 unspecified atom stereocenters. The van der Waals surface area contributed by atoms with Crippen molar-refractivity contribution in [2.45, 2.75) is 33.2 Å². The van der Waals surface area contributed by atoms with Crippen LogP contribution in [-0.4, -0.2) is 31.2 Å². The molecule has 0 radical (unpaired) electrons. The third-order valence-corrected chi connectivity index (χ3v) is 5.48. The Morgan fingerprint density at radius 1 is 1.44 bits per heavy atom. The zero-order chi connectivity index (χ0) is 17.7. The second kappa shape index (κ2) is 5.92. The van der Waals surface area contributed by atoms with Crippen LogP contribution in [0.25, 0.3) is 22.3 Å². The van der Waals surface area contributed by atoms with Crippen molar-refractivity contribution in [3.05, 3.63) is 46.5 Å². The van der Waals surface area contributed by atoms with Gasteiger partial charge in [-0.2, -0.15) is 5.10 Å². The number of nitrogens with one attached hydrogen (secondary N) is 1. The minimum Gasteiger partial charge on any atom is -0.370 e. The van der Waals surface area contributed by atoms with Gasteiger partial charge in [0, 0.05) is 60.7 Å². The van der Waals surface area contributed by atoms with Crippen molar-refractivity contribution < 1.29 is 0 Å². The van der Waals surface area contributed by atoms with E-state index in [0.29, 0.717) is 5.15 Å². The first-order chi connectivity index (χ1) is 12.0. The Morgan fingerprint density at radius 3 is 2.92 bits per heavy atom. The highest BCUT2D eigenvalue weighted by Crippen LogP contribution is 2.38. The Kier molecular flexibility index (Phi) is 3.84. The molecule has 0 aromatic carbocycles. The maximum Gasteiger partial charge on any atom is 0.134 e. The number of aromatic amines is 1. The minimum absolute atomic E-state index is 0.529. The monoisotopic (exact) mass is 355 g/mol. The summed E-state index contributed by atoms with van der Waals surface area (Å²) in [5, 5.41) is 6.22. The van der Waals surface area contributed by atoms with Crippen LogP contribution in [0, 0.1) is 6.92 Å². The van der Waals surface area contributed by atoms with E-state index in [1.54, 1.807) is 4.68 Å². The van der Waals surface area contributed by atoms with Crippen molar-refractivity contribution in [3.63, 3.8) is 0 Å². The van der Waals surface area contributed by atoms with Crippen LogP contribution < -0.4 is 0 Å². The van der Waals surface area contributed by atoms with Crippen molar-refractivity contribution in [2.24, 2.45) is 7.05 Å². The number of aryl methyl sites for hydroxylation is 2. The molecule has 0 spiro atoms. The molecule has 3 aromatic heterocycles. The second-order valence-corrected chi connectivity index (χ2v) is 7.03. The molecule has 3 aromatic rings. The van der Waals surface area contributed by atoms with Gasteiger partial charge in [0.15, 0.2) is 0 Å². The Bertz CT molecular complexity index is 982. The largest absolute Gasteiger partial charge is 0.370 e. The minimum atomic E-state index is 0.529. The predicted octanol–water partition coefficient (Wildman–Crippen LogP) is 4.21. The first-order valence-electron chi connectivity index (χ1n) is 8.61. The normalized spacial score (nSPS) is 14.2. The average molecular weight is 356 g/mol. The van der Waals surface area contributed by atoms with Gasteiger partial charge in [-0.1, -0.05) is 25.1 Å². The van der Waals surface area contributed by atoms with Gasteiger partial charge in [0.1, 0.15) is 16.5 Å². The van der Waals surface area contributed by atoms with Crippen LogP contribution in [0.3, 0.4) is 0 Å². The molecule has 0 amide bonds. The number of allylic oxidation sites excluding steroid dienone is 1. The van der Waals surface area contributed by atoms with Crippen LogP contribution in [0.2, 0.25) is 5.15 Å². The number of rotatable bonds is 3. The fourth-order valence-corrected chi connectivity index (χ4v) is 3.78. The van der Waals surface area contributed by atoms with Crippen LogP contribution in [0.4, 0.5) is 0 Å². The summed E-state index contributed by atoms with van der Waals surface area (Å²) in [6.45, 7) is 10.2. The maximum atomic E-state index is 6.42. The van der Waals surface area contributed by atoms with E-state index in [4.69, 9.17) is 11.6 Å². The Balaban J connectivity index is 1.96. The van der Waals surface area contributed by atoms with Crippen molar-refractivity contribution >= 4 is 22.5 Å². The van der Waals surface area contributed by atoms with E-state index in [2.05, 4.69) is 33.5 Å². The molecule has 0 aliphatic carbocycles. The van der Waals surface area contributed by atoms with Crippen molar-refractivity contribution in [1.82, 2.24) is 24.6 Å². The average Bonchev–Trinajstić information content (AvgIpc) is 3.20. The molecule has 4 heterocycles. The molecule has 0 fully saturated rings. The van der Waals surface area contributed by atoms with Gasteiger partial charge in [-0.05, 0) is 19.4 Å². The summed E-state index contributed by atoms with van der Waals surface area (Å²) in [5.41, 5.74) is 7.53. The van der Waals surface area contributed by atoms with E-state index in [9.17, 15) is 0 Å². The van der Waals surface area contributed by atoms with Crippen molar-refractivity contribution in [1.29, 1.82) is 0 Å². The van der Waals surface area contributed by atoms with Gasteiger partial charge in [0.25, 0.3) is 0 Å². The zero-order valence-electron chi connectivity index (χ0n) is 14.9. The molecule has 5 nitrogen and oxygen atoms in total. The van der Waals surface area contributed by atoms with Crippen LogP contribution in [-0.2, 0) is 20.0 Å². The lowest BCUT2D eigenvalue weighted by atomic mass is 10.0. The first-order valence-corrected chi connectivity index (χ1v) is 8.99. The number of H-pyrrole nitrogens is 1. The van der Waals surface area contributed by atoms with Gasteiger partial charge in [0.05, 0.1) is 5.52 Å². The molecule has 130 valence electrons. The topological polar surface area (TPSA) is 49.7 Å². The summed E-state index contributed by atoms with van der Waals surface area (Å²) in [7, 11) is 1.91. The summed E-state index contributed by atoms with van der Waals surface area (Å²) >= 11 is 6.42. The van der Waals surface area contributed by atoms with Gasteiger partial charge in [-0.15, -0.1) is 0 Å². The molecule has 4 rings (SSSR count). The van der Waals surface area contributed by atoms with Crippen LogP contribution in [0.1, 0.15) is 30.2 Å². The summed E-state index contributed by atoms with van der Waals surface area (Å²) < 4.78 is 1.79. The van der Waals surface area contributed by atoms with E-state index in [1.807, 2.05) is 26.2 Å². The highest BCUT2D eigenvalue weighted by molar-refractivity contribution is 6.31. The molecule has 1 aliphatic rings. The molecule has 0 atom stereocenters. The van der Waals surface area contributed by atoms with Gasteiger partial charge < -0.3 is 9.88 Å². The third kappa shape index (κ3) is 2.54. The highest BCUT2D eigenvalue weighted by Gasteiger charge is 2.26. The summed E-state index contributed by atoms with van der Waals surface area (Å²) in [5.74, 6) is 0. The van der Waals surface area contributed by atoms with E-state index < -0.39 is 0 Å². The van der Waals surface area contributed by atoms with E-state index in [-0.39, 0.29) is 0 Å². The number of halogens is 1. The lowest BCUT2D eigenvalue weighted by Gasteiger charge is -2.30. The molecule has 6 heteroatoms.